The lowest BCUT2D eigenvalue weighted by Crippen LogP contribution is -2.51. The molecule has 1 amide bonds. The Labute approximate surface area is 155 Å². The minimum atomic E-state index is -3.57. The number of sulfonamides is 1. The van der Waals surface area contributed by atoms with Crippen molar-refractivity contribution in [3.63, 3.8) is 0 Å². The Morgan fingerprint density at radius 3 is 2.42 bits per heavy atom. The number of likely N-dealkylation sites (N-methyl/N-ethyl adjacent to an activating group) is 1. The Morgan fingerprint density at radius 2 is 1.77 bits per heavy atom. The third-order valence-electron chi connectivity index (χ3n) is 5.44. The highest BCUT2D eigenvalue weighted by Crippen LogP contribution is 2.27. The Kier molecular flexibility index (Phi) is 5.67. The van der Waals surface area contributed by atoms with Crippen molar-refractivity contribution in [2.45, 2.75) is 42.7 Å². The highest BCUT2D eigenvalue weighted by Gasteiger charge is 2.37. The van der Waals surface area contributed by atoms with Gasteiger partial charge in [0.25, 0.3) is 0 Å². The van der Waals surface area contributed by atoms with Crippen LogP contribution in [0.1, 0.15) is 31.2 Å². The van der Waals surface area contributed by atoms with Crippen molar-refractivity contribution in [3.05, 3.63) is 29.8 Å². The summed E-state index contributed by atoms with van der Waals surface area (Å²) in [6.07, 6.45) is 3.27. The second kappa shape index (κ2) is 7.64. The SMILES string of the molecule is CN1CCN(S(=O)(=O)c2ccccc2CNC(=O)C2(N)CCCC2)CC1. The van der Waals surface area contributed by atoms with E-state index in [-0.39, 0.29) is 17.3 Å². The van der Waals surface area contributed by atoms with E-state index in [9.17, 15) is 13.2 Å². The predicted molar refractivity (Wildman–Crippen MR) is 99.9 cm³/mol. The van der Waals surface area contributed by atoms with Crippen molar-refractivity contribution in [2.24, 2.45) is 5.73 Å². The maximum absolute atomic E-state index is 13.0. The molecule has 1 aliphatic heterocycles. The van der Waals surface area contributed by atoms with Crippen LogP contribution < -0.4 is 11.1 Å². The maximum Gasteiger partial charge on any atom is 0.243 e. The summed E-state index contributed by atoms with van der Waals surface area (Å²) in [7, 11) is -1.59. The number of nitrogens with two attached hydrogens (primary N) is 1. The number of nitrogens with zero attached hydrogens (tertiary/aromatic N) is 2. The van der Waals surface area contributed by atoms with Gasteiger partial charge in [-0.15, -0.1) is 0 Å². The summed E-state index contributed by atoms with van der Waals surface area (Å²) in [5.74, 6) is -0.193. The smallest absolute Gasteiger partial charge is 0.243 e. The van der Waals surface area contributed by atoms with Crippen molar-refractivity contribution in [1.82, 2.24) is 14.5 Å². The zero-order valence-corrected chi connectivity index (χ0v) is 16.1. The molecule has 2 aliphatic rings. The number of benzene rings is 1. The van der Waals surface area contributed by atoms with Gasteiger partial charge in [-0.05, 0) is 31.5 Å². The number of hydrogen-bond acceptors (Lipinski definition) is 5. The first kappa shape index (κ1) is 19.3. The molecule has 1 saturated heterocycles. The summed E-state index contributed by atoms with van der Waals surface area (Å²) in [6.45, 7) is 2.56. The van der Waals surface area contributed by atoms with Crippen LogP contribution in [-0.4, -0.2) is 62.3 Å². The van der Waals surface area contributed by atoms with Crippen LogP contribution in [0.25, 0.3) is 0 Å². The zero-order valence-electron chi connectivity index (χ0n) is 15.3. The second-order valence-corrected chi connectivity index (χ2v) is 9.27. The van der Waals surface area contributed by atoms with Crippen LogP contribution in [0.2, 0.25) is 0 Å². The van der Waals surface area contributed by atoms with Gasteiger partial charge >= 0.3 is 0 Å². The minimum Gasteiger partial charge on any atom is -0.350 e. The summed E-state index contributed by atoms with van der Waals surface area (Å²) in [4.78, 5) is 14.8. The molecule has 0 radical (unpaired) electrons. The van der Waals surface area contributed by atoms with E-state index in [1.54, 1.807) is 24.3 Å². The molecule has 144 valence electrons. The molecule has 7 nitrogen and oxygen atoms in total. The first-order valence-electron chi connectivity index (χ1n) is 9.17. The molecule has 1 heterocycles. The molecule has 1 aliphatic carbocycles. The van der Waals surface area contributed by atoms with Crippen LogP contribution in [0.3, 0.4) is 0 Å². The van der Waals surface area contributed by atoms with Gasteiger partial charge in [-0.2, -0.15) is 4.31 Å². The number of amides is 1. The summed E-state index contributed by atoms with van der Waals surface area (Å²) in [5.41, 5.74) is 5.96. The van der Waals surface area contributed by atoms with E-state index in [0.29, 0.717) is 44.6 Å². The fourth-order valence-corrected chi connectivity index (χ4v) is 5.30. The largest absolute Gasteiger partial charge is 0.350 e. The van der Waals surface area contributed by atoms with Crippen molar-refractivity contribution in [3.8, 4) is 0 Å². The maximum atomic E-state index is 13.0. The van der Waals surface area contributed by atoms with Crippen molar-refractivity contribution in [2.75, 3.05) is 33.2 Å². The summed E-state index contributed by atoms with van der Waals surface area (Å²) < 4.78 is 27.6. The number of nitrogens with one attached hydrogen (secondary N) is 1. The number of carbonyl (C=O) groups excluding carboxylic acids is 1. The van der Waals surface area contributed by atoms with Gasteiger partial charge in [0.15, 0.2) is 0 Å². The van der Waals surface area contributed by atoms with Gasteiger partial charge in [0.05, 0.1) is 10.4 Å². The molecule has 1 aromatic rings. The quantitative estimate of drug-likeness (QED) is 0.776. The molecule has 0 aromatic heterocycles. The first-order valence-corrected chi connectivity index (χ1v) is 10.6. The normalized spacial score (nSPS) is 21.6. The summed E-state index contributed by atoms with van der Waals surface area (Å²) in [6, 6.07) is 6.87. The lowest BCUT2D eigenvalue weighted by atomic mass is 9.98. The molecular weight excluding hydrogens is 352 g/mol. The Hall–Kier alpha value is -1.48. The van der Waals surface area contributed by atoms with Crippen LogP contribution >= 0.6 is 0 Å². The number of rotatable bonds is 5. The van der Waals surface area contributed by atoms with Crippen molar-refractivity contribution < 1.29 is 13.2 Å². The van der Waals surface area contributed by atoms with E-state index >= 15 is 0 Å². The van der Waals surface area contributed by atoms with Gasteiger partial charge in [-0.3, -0.25) is 4.79 Å². The Balaban J connectivity index is 1.74. The number of hydrogen-bond donors (Lipinski definition) is 2. The monoisotopic (exact) mass is 380 g/mol. The molecule has 0 unspecified atom stereocenters. The van der Waals surface area contributed by atoms with Gasteiger partial charge < -0.3 is 16.0 Å². The second-order valence-electron chi connectivity index (χ2n) is 7.36. The zero-order chi connectivity index (χ0) is 18.8. The summed E-state index contributed by atoms with van der Waals surface area (Å²) >= 11 is 0. The average Bonchev–Trinajstić information content (AvgIpc) is 3.08. The van der Waals surface area contributed by atoms with Crippen LogP contribution in [0, 0.1) is 0 Å². The van der Waals surface area contributed by atoms with E-state index in [4.69, 9.17) is 5.73 Å². The van der Waals surface area contributed by atoms with Crippen LogP contribution in [0.5, 0.6) is 0 Å². The molecule has 8 heteroatoms. The minimum absolute atomic E-state index is 0.168. The van der Waals surface area contributed by atoms with Gasteiger partial charge in [-0.25, -0.2) is 8.42 Å². The Bertz CT molecular complexity index is 751. The molecule has 2 fully saturated rings. The number of carbonyl (C=O) groups is 1. The van der Waals surface area contributed by atoms with Gasteiger partial charge in [0, 0.05) is 32.7 Å². The Morgan fingerprint density at radius 1 is 1.15 bits per heavy atom. The molecule has 0 bridgehead atoms. The molecule has 26 heavy (non-hydrogen) atoms. The number of piperazine rings is 1. The van der Waals surface area contributed by atoms with Crippen molar-refractivity contribution in [1.29, 1.82) is 0 Å². The first-order chi connectivity index (χ1) is 12.3. The summed E-state index contributed by atoms with van der Waals surface area (Å²) in [5, 5.41) is 2.85. The van der Waals surface area contributed by atoms with Crippen LogP contribution in [0.4, 0.5) is 0 Å². The highest BCUT2D eigenvalue weighted by atomic mass is 32.2. The van der Waals surface area contributed by atoms with Crippen molar-refractivity contribution >= 4 is 15.9 Å². The highest BCUT2D eigenvalue weighted by molar-refractivity contribution is 7.89. The van der Waals surface area contributed by atoms with E-state index in [0.717, 1.165) is 12.8 Å². The van der Waals surface area contributed by atoms with Crippen LogP contribution in [-0.2, 0) is 21.4 Å². The molecule has 1 aromatic carbocycles. The van der Waals surface area contributed by atoms with E-state index in [1.807, 2.05) is 7.05 Å². The molecule has 3 N–H and O–H groups in total. The van der Waals surface area contributed by atoms with Gasteiger partial charge in [-0.1, -0.05) is 31.0 Å². The van der Waals surface area contributed by atoms with E-state index in [1.165, 1.54) is 4.31 Å². The van der Waals surface area contributed by atoms with Gasteiger partial charge in [0.2, 0.25) is 15.9 Å². The van der Waals surface area contributed by atoms with Crippen LogP contribution in [0.15, 0.2) is 29.2 Å². The van der Waals surface area contributed by atoms with E-state index < -0.39 is 15.6 Å². The third-order valence-corrected chi connectivity index (χ3v) is 7.44. The average molecular weight is 381 g/mol. The standard InChI is InChI=1S/C18H28N4O3S/c1-21-10-12-22(13-11-21)26(24,25)16-7-3-2-6-15(16)14-20-17(23)18(19)8-4-5-9-18/h2-3,6-7H,4-5,8-14,19H2,1H3,(H,20,23). The molecular formula is C18H28N4O3S. The fourth-order valence-electron chi connectivity index (χ4n) is 3.65. The molecule has 3 rings (SSSR count). The third kappa shape index (κ3) is 3.93. The molecule has 1 saturated carbocycles. The molecule has 0 atom stereocenters. The fraction of sp³-hybridized carbons (Fsp3) is 0.611. The predicted octanol–water partition coefficient (Wildman–Crippen LogP) is 0.510. The lowest BCUT2D eigenvalue weighted by Gasteiger charge is -2.32. The molecule has 0 spiro atoms. The topological polar surface area (TPSA) is 95.7 Å². The lowest BCUT2D eigenvalue weighted by molar-refractivity contribution is -0.126. The van der Waals surface area contributed by atoms with E-state index in [2.05, 4.69) is 10.2 Å². The van der Waals surface area contributed by atoms with Gasteiger partial charge in [0.1, 0.15) is 0 Å².